The molecule has 8 heteroatoms. The van der Waals surface area contributed by atoms with Gasteiger partial charge in [-0.2, -0.15) is 5.10 Å². The average Bonchev–Trinajstić information content (AvgIpc) is 2.99. The lowest BCUT2D eigenvalue weighted by Gasteiger charge is -2.04. The summed E-state index contributed by atoms with van der Waals surface area (Å²) in [4.78, 5) is 11.9. The number of amides is 1. The Kier molecular flexibility index (Phi) is 3.63. The van der Waals surface area contributed by atoms with Gasteiger partial charge in [-0.3, -0.25) is 4.79 Å². The molecule has 0 spiro atoms. The molecule has 8 nitrogen and oxygen atoms in total. The molecule has 4 N–H and O–H groups in total. The van der Waals surface area contributed by atoms with Gasteiger partial charge in [-0.05, 0) is 35.9 Å². The Bertz CT molecular complexity index is 780. The van der Waals surface area contributed by atoms with Crippen LogP contribution >= 0.6 is 0 Å². The second kappa shape index (κ2) is 5.76. The van der Waals surface area contributed by atoms with E-state index in [9.17, 15) is 20.1 Å². The first-order valence-electron chi connectivity index (χ1n) is 6.52. The predicted molar refractivity (Wildman–Crippen MR) is 79.1 cm³/mol. The van der Waals surface area contributed by atoms with E-state index in [2.05, 4.69) is 10.5 Å². The van der Waals surface area contributed by atoms with E-state index in [-0.39, 0.29) is 12.4 Å². The van der Waals surface area contributed by atoms with E-state index >= 15 is 0 Å². The number of carbonyl (C=O) groups is 1. The quantitative estimate of drug-likeness (QED) is 0.385. The second-order valence-corrected chi connectivity index (χ2v) is 4.67. The summed E-state index contributed by atoms with van der Waals surface area (Å²) in [5.74, 6) is -1.32. The molecule has 1 amide bonds. The number of nitrogens with zero attached hydrogens (tertiary/aromatic N) is 1. The molecule has 0 unspecified atom stereocenters. The minimum absolute atomic E-state index is 0.0550. The first-order chi connectivity index (χ1) is 11.0. The van der Waals surface area contributed by atoms with E-state index < -0.39 is 23.2 Å². The predicted octanol–water partition coefficient (Wildman–Crippen LogP) is 1.30. The highest BCUT2D eigenvalue weighted by Crippen LogP contribution is 2.35. The number of ether oxygens (including phenoxy) is 2. The van der Waals surface area contributed by atoms with Crippen LogP contribution in [-0.2, 0) is 0 Å². The van der Waals surface area contributed by atoms with Gasteiger partial charge in [0.1, 0.15) is 0 Å². The molecule has 1 aliphatic heterocycles. The molecule has 0 saturated heterocycles. The highest BCUT2D eigenvalue weighted by molar-refractivity contribution is 5.96. The zero-order valence-electron chi connectivity index (χ0n) is 11.7. The number of aromatic hydroxyl groups is 3. The van der Waals surface area contributed by atoms with Gasteiger partial charge in [0, 0.05) is 5.56 Å². The lowest BCUT2D eigenvalue weighted by Crippen LogP contribution is -2.17. The Hall–Kier alpha value is -3.42. The molecule has 0 bridgehead atoms. The number of hydrazone groups is 1. The molecule has 1 aliphatic rings. The zero-order valence-corrected chi connectivity index (χ0v) is 11.7. The van der Waals surface area contributed by atoms with Crippen molar-refractivity contribution in [2.24, 2.45) is 5.10 Å². The first-order valence-corrected chi connectivity index (χ1v) is 6.52. The van der Waals surface area contributed by atoms with Crippen LogP contribution in [0.25, 0.3) is 0 Å². The lowest BCUT2D eigenvalue weighted by atomic mass is 10.2. The number of phenolic OH excluding ortho intramolecular Hbond substituents is 3. The van der Waals surface area contributed by atoms with Crippen LogP contribution in [0.4, 0.5) is 0 Å². The van der Waals surface area contributed by atoms with E-state index in [1.54, 1.807) is 18.2 Å². The molecule has 2 aromatic carbocycles. The third kappa shape index (κ3) is 2.95. The maximum absolute atomic E-state index is 11.9. The summed E-state index contributed by atoms with van der Waals surface area (Å²) in [7, 11) is 0. The van der Waals surface area contributed by atoms with Gasteiger partial charge in [0.05, 0.1) is 6.21 Å². The summed E-state index contributed by atoms with van der Waals surface area (Å²) < 4.78 is 10.4. The van der Waals surface area contributed by atoms with Crippen molar-refractivity contribution in [2.75, 3.05) is 6.79 Å². The zero-order chi connectivity index (χ0) is 16.4. The highest BCUT2D eigenvalue weighted by Gasteiger charge is 2.14. The van der Waals surface area contributed by atoms with Crippen molar-refractivity contribution in [1.29, 1.82) is 0 Å². The largest absolute Gasteiger partial charge is 0.504 e. The maximum atomic E-state index is 11.9. The van der Waals surface area contributed by atoms with Crippen LogP contribution in [0.3, 0.4) is 0 Å². The molecular formula is C15H12N2O6. The molecule has 0 fully saturated rings. The van der Waals surface area contributed by atoms with Crippen molar-refractivity contribution in [2.45, 2.75) is 0 Å². The summed E-state index contributed by atoms with van der Waals surface area (Å²) in [6.45, 7) is 0.167. The van der Waals surface area contributed by atoms with Gasteiger partial charge in [-0.1, -0.05) is 0 Å². The Labute approximate surface area is 130 Å². The molecule has 3 rings (SSSR count). The van der Waals surface area contributed by atoms with Crippen molar-refractivity contribution in [3.8, 4) is 28.7 Å². The van der Waals surface area contributed by atoms with E-state index in [0.717, 1.165) is 12.1 Å². The number of hydrogen-bond donors (Lipinski definition) is 4. The fraction of sp³-hybridized carbons (Fsp3) is 0.0667. The maximum Gasteiger partial charge on any atom is 0.271 e. The molecule has 23 heavy (non-hydrogen) atoms. The molecule has 0 aromatic heterocycles. The first kappa shape index (κ1) is 14.5. The number of carbonyl (C=O) groups excluding carboxylic acids is 1. The SMILES string of the molecule is O=C(NN=Cc1ccc2c(c1)OCO2)c1cc(O)c(O)c(O)c1. The lowest BCUT2D eigenvalue weighted by molar-refractivity contribution is 0.0954. The second-order valence-electron chi connectivity index (χ2n) is 4.67. The van der Waals surface area contributed by atoms with Gasteiger partial charge < -0.3 is 24.8 Å². The number of phenols is 3. The van der Waals surface area contributed by atoms with E-state index in [1.807, 2.05) is 0 Å². The fourth-order valence-electron chi connectivity index (χ4n) is 1.96. The van der Waals surface area contributed by atoms with E-state index in [4.69, 9.17) is 9.47 Å². The Morgan fingerprint density at radius 1 is 1.09 bits per heavy atom. The normalized spacial score (nSPS) is 12.5. The van der Waals surface area contributed by atoms with E-state index in [1.165, 1.54) is 6.21 Å². The highest BCUT2D eigenvalue weighted by atomic mass is 16.7. The molecular weight excluding hydrogens is 304 g/mol. The average molecular weight is 316 g/mol. The number of benzene rings is 2. The van der Waals surface area contributed by atoms with Crippen molar-refractivity contribution in [3.63, 3.8) is 0 Å². The Morgan fingerprint density at radius 3 is 2.52 bits per heavy atom. The monoisotopic (exact) mass is 316 g/mol. The standard InChI is InChI=1S/C15H12N2O6/c18-10-4-9(5-11(19)14(10)20)15(21)17-16-6-8-1-2-12-13(3-8)23-7-22-12/h1-6,18-20H,7H2,(H,17,21). The summed E-state index contributed by atoms with van der Waals surface area (Å²) in [6, 6.07) is 7.19. The van der Waals surface area contributed by atoms with Gasteiger partial charge in [0.2, 0.25) is 6.79 Å². The van der Waals surface area contributed by atoms with Crippen LogP contribution in [0, 0.1) is 0 Å². The van der Waals surface area contributed by atoms with Gasteiger partial charge in [0.15, 0.2) is 28.7 Å². The minimum atomic E-state index is -0.689. The molecule has 0 atom stereocenters. The van der Waals surface area contributed by atoms with Crippen molar-refractivity contribution in [1.82, 2.24) is 5.43 Å². The topological polar surface area (TPSA) is 121 Å². The van der Waals surface area contributed by atoms with Crippen LogP contribution in [-0.4, -0.2) is 34.2 Å². The number of hydrogen-bond acceptors (Lipinski definition) is 7. The van der Waals surface area contributed by atoms with Gasteiger partial charge in [-0.25, -0.2) is 5.43 Å². The molecule has 0 radical (unpaired) electrons. The molecule has 1 heterocycles. The minimum Gasteiger partial charge on any atom is -0.504 e. The molecule has 0 saturated carbocycles. The van der Waals surface area contributed by atoms with Gasteiger partial charge in [-0.15, -0.1) is 0 Å². The summed E-state index contributed by atoms with van der Waals surface area (Å²) >= 11 is 0. The third-order valence-corrected chi connectivity index (χ3v) is 3.11. The smallest absolute Gasteiger partial charge is 0.271 e. The third-order valence-electron chi connectivity index (χ3n) is 3.11. The summed E-state index contributed by atoms with van der Waals surface area (Å²) in [6.07, 6.45) is 1.40. The molecule has 118 valence electrons. The molecule has 0 aliphatic carbocycles. The van der Waals surface area contributed by atoms with E-state index in [0.29, 0.717) is 17.1 Å². The van der Waals surface area contributed by atoms with Crippen molar-refractivity contribution in [3.05, 3.63) is 41.5 Å². The van der Waals surface area contributed by atoms with Gasteiger partial charge >= 0.3 is 0 Å². The van der Waals surface area contributed by atoms with Gasteiger partial charge in [0.25, 0.3) is 5.91 Å². The van der Waals surface area contributed by atoms with Crippen LogP contribution in [0.2, 0.25) is 0 Å². The van der Waals surface area contributed by atoms with Crippen LogP contribution in [0.1, 0.15) is 15.9 Å². The fourth-order valence-corrected chi connectivity index (χ4v) is 1.96. The number of rotatable bonds is 3. The van der Waals surface area contributed by atoms with Crippen LogP contribution in [0.5, 0.6) is 28.7 Å². The number of fused-ring (bicyclic) bond motifs is 1. The summed E-state index contributed by atoms with van der Waals surface area (Å²) in [5.41, 5.74) is 2.87. The van der Waals surface area contributed by atoms with Crippen LogP contribution < -0.4 is 14.9 Å². The number of nitrogens with one attached hydrogen (secondary N) is 1. The summed E-state index contributed by atoms with van der Waals surface area (Å²) in [5, 5.41) is 31.7. The van der Waals surface area contributed by atoms with Crippen LogP contribution in [0.15, 0.2) is 35.4 Å². The van der Waals surface area contributed by atoms with Crippen molar-refractivity contribution >= 4 is 12.1 Å². The van der Waals surface area contributed by atoms with Crippen molar-refractivity contribution < 1.29 is 29.6 Å². The Morgan fingerprint density at radius 2 is 1.78 bits per heavy atom. The Balaban J connectivity index is 1.69. The molecule has 2 aromatic rings.